The summed E-state index contributed by atoms with van der Waals surface area (Å²) in [6.07, 6.45) is 2.83. The van der Waals surface area contributed by atoms with Crippen LogP contribution in [-0.4, -0.2) is 66.8 Å². The molecular weight excluding hydrogens is 426 g/mol. The molecule has 0 unspecified atom stereocenters. The molecule has 174 valence electrons. The number of aromatic nitrogens is 1. The molecule has 2 aliphatic rings. The maximum Gasteiger partial charge on any atom is 0.251 e. The summed E-state index contributed by atoms with van der Waals surface area (Å²) in [7, 11) is 0. The second kappa shape index (κ2) is 9.80. The number of amides is 1. The fraction of sp³-hybridized carbons (Fsp3) is 0.370. The van der Waals surface area contributed by atoms with Crippen LogP contribution in [0, 0.1) is 11.3 Å². The van der Waals surface area contributed by atoms with E-state index in [1.807, 2.05) is 54.6 Å². The second-order valence-corrected chi connectivity index (χ2v) is 9.20. The number of carbonyl (C=O) groups excluding carboxylic acids is 1. The van der Waals surface area contributed by atoms with Crippen LogP contribution in [0.3, 0.4) is 0 Å². The number of hydrogen-bond acceptors (Lipinski definition) is 6. The van der Waals surface area contributed by atoms with Crippen LogP contribution in [0.2, 0.25) is 0 Å². The average Bonchev–Trinajstić information content (AvgIpc) is 3.29. The van der Waals surface area contributed by atoms with E-state index in [-0.39, 0.29) is 24.2 Å². The molecule has 0 aliphatic carbocycles. The van der Waals surface area contributed by atoms with Crippen molar-refractivity contribution in [2.45, 2.75) is 31.6 Å². The Labute approximate surface area is 199 Å². The quantitative estimate of drug-likeness (QED) is 0.636. The average molecular weight is 456 g/mol. The Morgan fingerprint density at radius 3 is 2.82 bits per heavy atom. The minimum absolute atomic E-state index is 0.0116. The van der Waals surface area contributed by atoms with E-state index in [4.69, 9.17) is 4.74 Å². The van der Waals surface area contributed by atoms with Crippen molar-refractivity contribution < 1.29 is 9.53 Å². The van der Waals surface area contributed by atoms with Crippen LogP contribution in [0.15, 0.2) is 60.8 Å². The third-order valence-corrected chi connectivity index (χ3v) is 6.64. The van der Waals surface area contributed by atoms with E-state index in [1.54, 1.807) is 6.20 Å². The molecule has 5 rings (SSSR count). The molecule has 0 spiro atoms. The third kappa shape index (κ3) is 4.74. The Morgan fingerprint density at radius 1 is 1.15 bits per heavy atom. The van der Waals surface area contributed by atoms with E-state index in [2.05, 4.69) is 33.1 Å². The molecule has 7 nitrogen and oxygen atoms in total. The number of benzene rings is 2. The van der Waals surface area contributed by atoms with Crippen molar-refractivity contribution in [3.05, 3.63) is 71.9 Å². The van der Waals surface area contributed by atoms with E-state index in [0.29, 0.717) is 11.1 Å². The topological polar surface area (TPSA) is 81.5 Å². The molecule has 3 heterocycles. The number of carbonyl (C=O) groups is 1. The van der Waals surface area contributed by atoms with Gasteiger partial charge in [0.1, 0.15) is 6.07 Å². The molecule has 2 aromatic carbocycles. The van der Waals surface area contributed by atoms with Crippen molar-refractivity contribution in [1.82, 2.24) is 15.2 Å². The number of nitrogens with one attached hydrogen (secondary N) is 1. The van der Waals surface area contributed by atoms with Crippen LogP contribution in [0.1, 0.15) is 29.3 Å². The molecule has 2 aliphatic heterocycles. The SMILES string of the molecule is C[C@@H]1CN(c2ccc(C#N)c3ncccc23)C[C@H](CN2CC[C@H](NC(=O)c3ccccc3)C2)O1. The first-order valence-corrected chi connectivity index (χ1v) is 11.9. The van der Waals surface area contributed by atoms with Crippen molar-refractivity contribution in [3.63, 3.8) is 0 Å². The van der Waals surface area contributed by atoms with Crippen LogP contribution in [0.5, 0.6) is 0 Å². The number of hydrogen-bond donors (Lipinski definition) is 1. The molecular formula is C27H29N5O2. The second-order valence-electron chi connectivity index (χ2n) is 9.20. The van der Waals surface area contributed by atoms with Crippen LogP contribution < -0.4 is 10.2 Å². The normalized spacial score (nSPS) is 23.1. The van der Waals surface area contributed by atoms with E-state index in [0.717, 1.165) is 55.7 Å². The summed E-state index contributed by atoms with van der Waals surface area (Å²) in [6, 6.07) is 19.6. The molecule has 2 saturated heterocycles. The van der Waals surface area contributed by atoms with Gasteiger partial charge in [0.25, 0.3) is 5.91 Å². The zero-order chi connectivity index (χ0) is 23.5. The Balaban J connectivity index is 1.24. The van der Waals surface area contributed by atoms with Crippen LogP contribution in [0.4, 0.5) is 5.69 Å². The molecule has 1 aromatic heterocycles. The summed E-state index contributed by atoms with van der Waals surface area (Å²) in [4.78, 5) is 21.7. The van der Waals surface area contributed by atoms with Crippen LogP contribution in [-0.2, 0) is 4.74 Å². The van der Waals surface area contributed by atoms with Gasteiger partial charge in [-0.1, -0.05) is 18.2 Å². The lowest BCUT2D eigenvalue weighted by Gasteiger charge is -2.40. The third-order valence-electron chi connectivity index (χ3n) is 6.64. The van der Waals surface area contributed by atoms with Crippen molar-refractivity contribution >= 4 is 22.5 Å². The highest BCUT2D eigenvalue weighted by molar-refractivity contribution is 5.95. The zero-order valence-corrected chi connectivity index (χ0v) is 19.4. The van der Waals surface area contributed by atoms with E-state index >= 15 is 0 Å². The van der Waals surface area contributed by atoms with Gasteiger partial charge in [0.2, 0.25) is 0 Å². The van der Waals surface area contributed by atoms with E-state index in [1.165, 1.54) is 0 Å². The summed E-state index contributed by atoms with van der Waals surface area (Å²) in [5.74, 6) is -0.0116. The molecule has 3 aromatic rings. The van der Waals surface area contributed by atoms with E-state index < -0.39 is 0 Å². The van der Waals surface area contributed by atoms with Gasteiger partial charge in [-0.2, -0.15) is 5.26 Å². The molecule has 0 saturated carbocycles. The fourth-order valence-corrected chi connectivity index (χ4v) is 5.13. The molecule has 1 N–H and O–H groups in total. The highest BCUT2D eigenvalue weighted by Gasteiger charge is 2.31. The van der Waals surface area contributed by atoms with E-state index in [9.17, 15) is 10.1 Å². The summed E-state index contributed by atoms with van der Waals surface area (Å²) in [5.41, 5.74) is 3.13. The molecule has 3 atom stereocenters. The van der Waals surface area contributed by atoms with Crippen molar-refractivity contribution in [3.8, 4) is 6.07 Å². The first-order chi connectivity index (χ1) is 16.6. The molecule has 34 heavy (non-hydrogen) atoms. The van der Waals surface area contributed by atoms with Gasteiger partial charge < -0.3 is 15.0 Å². The Bertz CT molecular complexity index is 1210. The molecule has 0 bridgehead atoms. The lowest BCUT2D eigenvalue weighted by Crippen LogP contribution is -2.51. The smallest absolute Gasteiger partial charge is 0.251 e. The summed E-state index contributed by atoms with van der Waals surface area (Å²) in [5, 5.41) is 13.6. The number of morpholine rings is 1. The standard InChI is InChI=1S/C27H29N5O2/c1-19-15-32(25-10-9-21(14-28)26-24(25)8-5-12-29-26)18-23(34-19)17-31-13-11-22(16-31)30-27(33)20-6-3-2-4-7-20/h2-10,12,19,22-23H,11,13,15-18H2,1H3,(H,30,33)/t19-,22+,23+/m1/s1. The number of pyridine rings is 1. The highest BCUT2D eigenvalue weighted by Crippen LogP contribution is 2.30. The molecule has 0 radical (unpaired) electrons. The van der Waals surface area contributed by atoms with Crippen molar-refractivity contribution in [2.75, 3.05) is 37.6 Å². The van der Waals surface area contributed by atoms with Gasteiger partial charge in [-0.25, -0.2) is 0 Å². The van der Waals surface area contributed by atoms with Gasteiger partial charge in [-0.05, 0) is 49.7 Å². The Morgan fingerprint density at radius 2 is 2.00 bits per heavy atom. The lowest BCUT2D eigenvalue weighted by atomic mass is 10.1. The first-order valence-electron chi connectivity index (χ1n) is 11.9. The van der Waals surface area contributed by atoms with Gasteiger partial charge >= 0.3 is 0 Å². The summed E-state index contributed by atoms with van der Waals surface area (Å²) >= 11 is 0. The lowest BCUT2D eigenvalue weighted by molar-refractivity contribution is -0.0295. The molecule has 1 amide bonds. The van der Waals surface area contributed by atoms with Gasteiger partial charge in [0.05, 0.1) is 23.3 Å². The molecule has 7 heteroatoms. The highest BCUT2D eigenvalue weighted by atomic mass is 16.5. The Hall–Kier alpha value is -3.47. The fourth-order valence-electron chi connectivity index (χ4n) is 5.13. The maximum atomic E-state index is 12.5. The number of likely N-dealkylation sites (tertiary alicyclic amines) is 1. The van der Waals surface area contributed by atoms with Crippen molar-refractivity contribution in [2.24, 2.45) is 0 Å². The summed E-state index contributed by atoms with van der Waals surface area (Å²) < 4.78 is 6.30. The predicted molar refractivity (Wildman–Crippen MR) is 132 cm³/mol. The van der Waals surface area contributed by atoms with Gasteiger partial charge in [-0.3, -0.25) is 14.7 Å². The number of fused-ring (bicyclic) bond motifs is 1. The number of anilines is 1. The minimum atomic E-state index is -0.0116. The number of nitrogens with zero attached hydrogens (tertiary/aromatic N) is 4. The predicted octanol–water partition coefficient (Wildman–Crippen LogP) is 3.20. The van der Waals surface area contributed by atoms with Gasteiger partial charge in [-0.15, -0.1) is 0 Å². The number of ether oxygens (including phenoxy) is 1. The number of rotatable bonds is 5. The monoisotopic (exact) mass is 455 g/mol. The molecule has 2 fully saturated rings. The van der Waals surface area contributed by atoms with Crippen LogP contribution in [0.25, 0.3) is 10.9 Å². The zero-order valence-electron chi connectivity index (χ0n) is 19.4. The summed E-state index contributed by atoms with van der Waals surface area (Å²) in [6.45, 7) is 6.27. The Kier molecular flexibility index (Phi) is 6.43. The van der Waals surface area contributed by atoms with Gasteiger partial charge in [0.15, 0.2) is 0 Å². The van der Waals surface area contributed by atoms with Crippen LogP contribution >= 0.6 is 0 Å². The maximum absolute atomic E-state index is 12.5. The minimum Gasteiger partial charge on any atom is -0.370 e. The number of nitriles is 1. The van der Waals surface area contributed by atoms with Crippen molar-refractivity contribution in [1.29, 1.82) is 5.26 Å². The first kappa shape index (κ1) is 22.3. The van der Waals surface area contributed by atoms with Gasteiger partial charge in [0, 0.05) is 61.6 Å². The largest absolute Gasteiger partial charge is 0.370 e.